The Balaban J connectivity index is 2.03. The van der Waals surface area contributed by atoms with Gasteiger partial charge in [-0.05, 0) is 18.4 Å². The zero-order valence-electron chi connectivity index (χ0n) is 21.4. The van der Waals surface area contributed by atoms with E-state index < -0.39 is 89.3 Å². The first-order valence-electron chi connectivity index (χ1n) is 11.4. The Hall–Kier alpha value is -2.55. The van der Waals surface area contributed by atoms with Crippen LogP contribution in [-0.4, -0.2) is 44.2 Å². The van der Waals surface area contributed by atoms with Crippen molar-refractivity contribution in [2.75, 3.05) is 18.8 Å². The molecule has 2 aromatic heterocycles. The quantitative estimate of drug-likeness (QED) is 0.613. The van der Waals surface area contributed by atoms with Gasteiger partial charge in [0.05, 0.1) is 15.3 Å². The Morgan fingerprint density at radius 1 is 1.25 bits per heavy atom. The molecule has 2 heterocycles. The van der Waals surface area contributed by atoms with Gasteiger partial charge < -0.3 is 14.5 Å². The lowest BCUT2D eigenvalue weighted by molar-refractivity contribution is -0.273. The average Bonchev–Trinajstić information content (AvgIpc) is 3.09. The lowest BCUT2D eigenvalue weighted by Crippen LogP contribution is -2.51. The molecule has 2 aromatic rings. The Kier molecular flexibility index (Phi) is 4.14. The summed E-state index contributed by atoms with van der Waals surface area (Å²) in [7, 11) is -11.8. The molecule has 1 atom stereocenters. The van der Waals surface area contributed by atoms with Gasteiger partial charge in [-0.3, -0.25) is 4.72 Å². The number of methoxy groups -OCH3 is 2. The monoisotopic (exact) mass is 497 g/mol. The fourth-order valence-corrected chi connectivity index (χ4v) is 4.57. The van der Waals surface area contributed by atoms with E-state index in [0.717, 1.165) is 0 Å². The van der Waals surface area contributed by atoms with Crippen molar-refractivity contribution in [1.82, 2.24) is 9.97 Å². The largest absolute Gasteiger partial charge is 0.479 e. The second-order valence-electron chi connectivity index (χ2n) is 6.76. The van der Waals surface area contributed by atoms with Crippen molar-refractivity contribution in [2.45, 2.75) is 42.1 Å². The Labute approximate surface area is 185 Å². The summed E-state index contributed by atoms with van der Waals surface area (Å²) in [6, 6.07) is -0.0214. The number of sulfonamides is 1. The number of halogens is 7. The van der Waals surface area contributed by atoms with Gasteiger partial charge in [-0.1, -0.05) is 0 Å². The second-order valence-corrected chi connectivity index (χ2v) is 8.41. The van der Waals surface area contributed by atoms with Crippen molar-refractivity contribution in [2.24, 2.45) is 0 Å². The highest BCUT2D eigenvalue weighted by atomic mass is 32.2. The molecule has 0 spiro atoms. The average molecular weight is 497 g/mol. The van der Waals surface area contributed by atoms with Crippen molar-refractivity contribution in [1.29, 1.82) is 0 Å². The molecule has 1 aliphatic carbocycles. The molecule has 2 N–H and O–H groups in total. The van der Waals surface area contributed by atoms with Gasteiger partial charge in [0.15, 0.2) is 17.1 Å². The molecule has 1 aliphatic rings. The summed E-state index contributed by atoms with van der Waals surface area (Å²) in [6.07, 6.45) is -12.7. The molecular weight excluding hydrogens is 475 g/mol. The van der Waals surface area contributed by atoms with E-state index in [1.807, 2.05) is 0 Å². The van der Waals surface area contributed by atoms with Gasteiger partial charge >= 0.3 is 12.4 Å². The molecule has 15 heteroatoms. The third-order valence-corrected chi connectivity index (χ3v) is 6.26. The molecule has 0 radical (unpaired) electrons. The molecule has 32 heavy (non-hydrogen) atoms. The smallest absolute Gasteiger partial charge is 0.436 e. The van der Waals surface area contributed by atoms with E-state index >= 15 is 0 Å². The summed E-state index contributed by atoms with van der Waals surface area (Å²) in [5, 5.41) is 0. The van der Waals surface area contributed by atoms with E-state index in [1.165, 1.54) is 0 Å². The number of aromatic nitrogens is 2. The Bertz CT molecular complexity index is 1330. The third kappa shape index (κ3) is 4.10. The normalized spacial score (nSPS) is 23.1. The van der Waals surface area contributed by atoms with Gasteiger partial charge in [0.1, 0.15) is 10.6 Å². The van der Waals surface area contributed by atoms with Gasteiger partial charge in [0.25, 0.3) is 10.0 Å². The molecule has 0 aromatic carbocycles. The first kappa shape index (κ1) is 17.0. The van der Waals surface area contributed by atoms with E-state index in [2.05, 4.69) is 19.4 Å². The highest BCUT2D eigenvalue weighted by Gasteiger charge is 2.57. The number of ether oxygens (including phenoxy) is 2. The van der Waals surface area contributed by atoms with Crippen LogP contribution < -0.4 is 9.46 Å². The van der Waals surface area contributed by atoms with Crippen LogP contribution in [0.2, 0.25) is 0 Å². The van der Waals surface area contributed by atoms with E-state index in [1.54, 1.807) is 4.72 Å². The van der Waals surface area contributed by atoms with Crippen LogP contribution in [0.25, 0.3) is 0 Å². The molecule has 0 saturated carbocycles. The zero-order valence-corrected chi connectivity index (χ0v) is 16.2. The molecule has 0 unspecified atom stereocenters. The molecule has 0 amide bonds. The van der Waals surface area contributed by atoms with Crippen LogP contribution in [0.1, 0.15) is 31.6 Å². The second kappa shape index (κ2) is 7.79. The summed E-state index contributed by atoms with van der Waals surface area (Å²) < 4.78 is 173. The van der Waals surface area contributed by atoms with E-state index in [9.17, 15) is 39.2 Å². The number of hydrogen-bond acceptors (Lipinski definition) is 5. The molecular formula is C17H16F7N3O4S. The van der Waals surface area contributed by atoms with E-state index in [-0.39, 0.29) is 17.3 Å². The molecule has 0 fully saturated rings. The van der Waals surface area contributed by atoms with E-state index in [0.29, 0.717) is 6.20 Å². The summed E-state index contributed by atoms with van der Waals surface area (Å²) in [5.41, 5.74) is -7.14. The minimum Gasteiger partial charge on any atom is -0.479 e. The number of nitrogens with zero attached hydrogens (tertiary/aromatic N) is 1. The van der Waals surface area contributed by atoms with Crippen molar-refractivity contribution >= 4 is 15.7 Å². The SMILES string of the molecule is [2H]C([2H])([2H])Oc1nc(C(F)(F)F)c(F)cc1NS(=O)(=O)c1c[nH]c2c1CC[C@@](OC([2H])([2H])[2H])(C(F)(F)F)C2. The maximum atomic E-state index is 14.1. The number of anilines is 1. The fourth-order valence-electron chi connectivity index (χ4n) is 3.26. The number of rotatable bonds is 5. The summed E-state index contributed by atoms with van der Waals surface area (Å²) in [6.45, 7) is 0. The van der Waals surface area contributed by atoms with Crippen LogP contribution in [0.4, 0.5) is 36.4 Å². The maximum Gasteiger partial charge on any atom is 0.436 e. The van der Waals surface area contributed by atoms with Crippen LogP contribution >= 0.6 is 0 Å². The Morgan fingerprint density at radius 3 is 2.56 bits per heavy atom. The first-order chi connectivity index (χ1) is 16.9. The fraction of sp³-hybridized carbons (Fsp3) is 0.471. The van der Waals surface area contributed by atoms with E-state index in [4.69, 9.17) is 8.22 Å². The predicted molar refractivity (Wildman–Crippen MR) is 95.2 cm³/mol. The molecule has 7 nitrogen and oxygen atoms in total. The highest BCUT2D eigenvalue weighted by molar-refractivity contribution is 7.92. The number of nitrogens with one attached hydrogen (secondary N) is 2. The molecule has 0 aliphatic heterocycles. The Morgan fingerprint density at radius 2 is 1.97 bits per heavy atom. The minimum absolute atomic E-state index is 0.0214. The minimum atomic E-state index is -5.41. The number of H-pyrrole nitrogens is 1. The van der Waals surface area contributed by atoms with Gasteiger partial charge in [0.2, 0.25) is 5.88 Å². The standard InChI is InChI=1S/C17H16F7N3O4S/c1-30-14-10(5-9(18)13(26-14)16(19,20)21)27-32(28,29)12-7-25-11-6-15(31-2,17(22,23)24)4-3-8(11)12/h5,7,25,27H,3-4,6H2,1-2H3/t15-/m0/s1/i1D3,2D3. The van der Waals surface area contributed by atoms with Gasteiger partial charge in [-0.25, -0.2) is 17.8 Å². The van der Waals surface area contributed by atoms with Crippen molar-refractivity contribution in [3.05, 3.63) is 35.0 Å². The summed E-state index contributed by atoms with van der Waals surface area (Å²) in [5.74, 6) is -3.53. The van der Waals surface area contributed by atoms with Gasteiger partial charge in [-0.2, -0.15) is 26.3 Å². The number of fused-ring (bicyclic) bond motifs is 1. The zero-order chi connectivity index (χ0) is 29.1. The number of aromatic amines is 1. The molecule has 0 bridgehead atoms. The van der Waals surface area contributed by atoms with Crippen LogP contribution in [0, 0.1) is 5.82 Å². The van der Waals surface area contributed by atoms with Crippen LogP contribution in [-0.2, 0) is 33.8 Å². The third-order valence-electron chi connectivity index (χ3n) is 4.83. The summed E-state index contributed by atoms with van der Waals surface area (Å²) >= 11 is 0. The lowest BCUT2D eigenvalue weighted by Gasteiger charge is -2.37. The number of pyridine rings is 1. The van der Waals surface area contributed by atoms with Gasteiger partial charge in [-0.15, -0.1) is 0 Å². The van der Waals surface area contributed by atoms with Crippen LogP contribution in [0.5, 0.6) is 5.88 Å². The molecule has 3 rings (SSSR count). The number of alkyl halides is 6. The lowest BCUT2D eigenvalue weighted by atomic mass is 9.83. The number of hydrogen-bond donors (Lipinski definition) is 2. The maximum absolute atomic E-state index is 14.1. The van der Waals surface area contributed by atoms with Crippen molar-refractivity contribution in [3.63, 3.8) is 0 Å². The highest BCUT2D eigenvalue weighted by Crippen LogP contribution is 2.44. The first-order valence-corrected chi connectivity index (χ1v) is 9.88. The summed E-state index contributed by atoms with van der Waals surface area (Å²) in [4.78, 5) is 4.31. The van der Waals surface area contributed by atoms with Gasteiger partial charge in [0, 0.05) is 31.4 Å². The van der Waals surface area contributed by atoms with Crippen molar-refractivity contribution < 1.29 is 56.8 Å². The van der Waals surface area contributed by atoms with Crippen LogP contribution in [0.3, 0.4) is 0 Å². The van der Waals surface area contributed by atoms with Crippen molar-refractivity contribution in [3.8, 4) is 5.88 Å². The molecule has 178 valence electrons. The topological polar surface area (TPSA) is 93.3 Å². The predicted octanol–water partition coefficient (Wildman–Crippen LogP) is 3.81. The molecule has 0 saturated heterocycles. The van der Waals surface area contributed by atoms with Crippen LogP contribution in [0.15, 0.2) is 17.2 Å².